The highest BCUT2D eigenvalue weighted by atomic mass is 16.6. The Balaban J connectivity index is 1.81. The molecule has 1 aliphatic carbocycles. The Kier molecular flexibility index (Phi) is 4.48. The number of aliphatic hydroxyl groups is 1. The molecule has 0 aromatic carbocycles. The first-order valence-corrected chi connectivity index (χ1v) is 8.03. The van der Waals surface area contributed by atoms with Gasteiger partial charge in [-0.05, 0) is 32.8 Å². The topological polar surface area (TPSA) is 106 Å². The van der Waals surface area contributed by atoms with Gasteiger partial charge >= 0.3 is 5.69 Å². The molecule has 3 rings (SSSR count). The molecule has 1 unspecified atom stereocenters. The van der Waals surface area contributed by atoms with E-state index in [1.54, 1.807) is 19.2 Å². The highest BCUT2D eigenvalue weighted by Crippen LogP contribution is 2.29. The molecule has 0 amide bonds. The van der Waals surface area contributed by atoms with Gasteiger partial charge < -0.3 is 15.0 Å². The van der Waals surface area contributed by atoms with Gasteiger partial charge in [0.1, 0.15) is 5.82 Å². The van der Waals surface area contributed by atoms with Crippen LogP contribution in [-0.2, 0) is 19.4 Å². The predicted molar refractivity (Wildman–Crippen MR) is 89.1 cm³/mol. The molecule has 8 nitrogen and oxygen atoms in total. The number of nitrogens with one attached hydrogen (secondary N) is 1. The number of pyridine rings is 1. The van der Waals surface area contributed by atoms with Gasteiger partial charge in [0, 0.05) is 36.5 Å². The van der Waals surface area contributed by atoms with Crippen molar-refractivity contribution in [1.82, 2.24) is 14.5 Å². The van der Waals surface area contributed by atoms with E-state index < -0.39 is 0 Å². The molecule has 0 bridgehead atoms. The average Bonchev–Trinajstić information content (AvgIpc) is 2.83. The van der Waals surface area contributed by atoms with E-state index in [0.717, 1.165) is 30.1 Å². The van der Waals surface area contributed by atoms with Crippen molar-refractivity contribution in [2.24, 2.45) is 0 Å². The van der Waals surface area contributed by atoms with Crippen LogP contribution in [0.25, 0.3) is 0 Å². The first-order chi connectivity index (χ1) is 11.5. The van der Waals surface area contributed by atoms with Gasteiger partial charge in [-0.2, -0.15) is 0 Å². The van der Waals surface area contributed by atoms with Crippen molar-refractivity contribution in [2.75, 3.05) is 11.9 Å². The van der Waals surface area contributed by atoms with Gasteiger partial charge in [-0.15, -0.1) is 0 Å². The quantitative estimate of drug-likeness (QED) is 0.639. The average molecular weight is 331 g/mol. The summed E-state index contributed by atoms with van der Waals surface area (Å²) in [6.07, 6.45) is 3.95. The Labute approximate surface area is 139 Å². The summed E-state index contributed by atoms with van der Waals surface area (Å²) in [6.45, 7) is 4.29. The van der Waals surface area contributed by atoms with E-state index in [-0.39, 0.29) is 23.3 Å². The zero-order valence-electron chi connectivity index (χ0n) is 13.8. The molecular weight excluding hydrogens is 310 g/mol. The summed E-state index contributed by atoms with van der Waals surface area (Å²) in [6, 6.07) is 1.70. The third-order valence-electron chi connectivity index (χ3n) is 4.49. The molecule has 2 N–H and O–H groups in total. The monoisotopic (exact) mass is 331 g/mol. The van der Waals surface area contributed by atoms with Crippen molar-refractivity contribution in [3.63, 3.8) is 0 Å². The van der Waals surface area contributed by atoms with E-state index in [4.69, 9.17) is 0 Å². The number of anilines is 1. The van der Waals surface area contributed by atoms with Crippen LogP contribution >= 0.6 is 0 Å². The number of rotatable bonds is 5. The standard InChI is InChI=1S/C16H21N5O3/c1-10-5-6-17-16(15(10)21(23)24)19-12-3-4-14-13(9-12)18-11(2)20(14)7-8-22/h5-6,12,22H,3-4,7-9H2,1-2H3,(H,17,19). The second-order valence-electron chi connectivity index (χ2n) is 6.09. The van der Waals surface area contributed by atoms with Gasteiger partial charge in [0.15, 0.2) is 0 Å². The molecule has 1 atom stereocenters. The zero-order valence-corrected chi connectivity index (χ0v) is 13.8. The summed E-state index contributed by atoms with van der Waals surface area (Å²) < 4.78 is 2.05. The molecule has 8 heteroatoms. The summed E-state index contributed by atoms with van der Waals surface area (Å²) in [4.78, 5) is 19.6. The molecule has 24 heavy (non-hydrogen) atoms. The molecule has 0 saturated heterocycles. The Morgan fingerprint density at radius 2 is 2.29 bits per heavy atom. The summed E-state index contributed by atoms with van der Waals surface area (Å²) in [5.74, 6) is 1.22. The van der Waals surface area contributed by atoms with E-state index in [1.807, 2.05) is 6.92 Å². The number of nitro groups is 1. The highest BCUT2D eigenvalue weighted by Gasteiger charge is 2.27. The fourth-order valence-electron chi connectivity index (χ4n) is 3.36. The zero-order chi connectivity index (χ0) is 17.3. The Bertz CT molecular complexity index is 771. The van der Waals surface area contributed by atoms with E-state index in [0.29, 0.717) is 24.3 Å². The van der Waals surface area contributed by atoms with Crippen LogP contribution in [0.4, 0.5) is 11.5 Å². The van der Waals surface area contributed by atoms with Crippen LogP contribution in [-0.4, -0.2) is 37.2 Å². The SMILES string of the molecule is Cc1ccnc(NC2CCc3c(nc(C)n3CCO)C2)c1[N+](=O)[O-]. The van der Waals surface area contributed by atoms with E-state index in [2.05, 4.69) is 19.9 Å². The molecule has 2 aromatic rings. The molecular formula is C16H21N5O3. The van der Waals surface area contributed by atoms with Crippen molar-refractivity contribution >= 4 is 11.5 Å². The third kappa shape index (κ3) is 2.96. The van der Waals surface area contributed by atoms with Crippen molar-refractivity contribution in [3.05, 3.63) is 45.2 Å². The fraction of sp³-hybridized carbons (Fsp3) is 0.500. The first kappa shape index (κ1) is 16.4. The minimum atomic E-state index is -0.390. The molecule has 0 radical (unpaired) electrons. The van der Waals surface area contributed by atoms with Crippen LogP contribution in [0, 0.1) is 24.0 Å². The number of hydrogen-bond acceptors (Lipinski definition) is 6. The fourth-order valence-corrected chi connectivity index (χ4v) is 3.36. The summed E-state index contributed by atoms with van der Waals surface area (Å²) in [5, 5.41) is 23.7. The second-order valence-corrected chi connectivity index (χ2v) is 6.09. The molecule has 0 aliphatic heterocycles. The van der Waals surface area contributed by atoms with Crippen LogP contribution in [0.15, 0.2) is 12.3 Å². The maximum Gasteiger partial charge on any atom is 0.314 e. The Morgan fingerprint density at radius 1 is 1.50 bits per heavy atom. The van der Waals surface area contributed by atoms with Gasteiger partial charge in [-0.3, -0.25) is 10.1 Å². The largest absolute Gasteiger partial charge is 0.395 e. The van der Waals surface area contributed by atoms with Crippen LogP contribution in [0.1, 0.15) is 29.2 Å². The molecule has 0 fully saturated rings. The summed E-state index contributed by atoms with van der Waals surface area (Å²) in [5.41, 5.74) is 2.79. The number of fused-ring (bicyclic) bond motifs is 1. The lowest BCUT2D eigenvalue weighted by Gasteiger charge is -2.24. The van der Waals surface area contributed by atoms with Crippen molar-refractivity contribution in [3.8, 4) is 0 Å². The lowest BCUT2D eigenvalue weighted by molar-refractivity contribution is -0.384. The smallest absolute Gasteiger partial charge is 0.314 e. The van der Waals surface area contributed by atoms with E-state index in [1.165, 1.54) is 0 Å². The normalized spacial score (nSPS) is 16.7. The summed E-state index contributed by atoms with van der Waals surface area (Å²) >= 11 is 0. The van der Waals surface area contributed by atoms with Gasteiger partial charge in [0.05, 0.1) is 17.2 Å². The van der Waals surface area contributed by atoms with Gasteiger partial charge in [0.25, 0.3) is 0 Å². The van der Waals surface area contributed by atoms with Crippen molar-refractivity contribution in [2.45, 2.75) is 45.7 Å². The van der Waals surface area contributed by atoms with Gasteiger partial charge in [0.2, 0.25) is 5.82 Å². The maximum atomic E-state index is 11.3. The van der Waals surface area contributed by atoms with Crippen LogP contribution in [0.5, 0.6) is 0 Å². The maximum absolute atomic E-state index is 11.3. The van der Waals surface area contributed by atoms with Crippen LogP contribution in [0.3, 0.4) is 0 Å². The first-order valence-electron chi connectivity index (χ1n) is 8.03. The third-order valence-corrected chi connectivity index (χ3v) is 4.49. The number of hydrogen-bond donors (Lipinski definition) is 2. The minimum Gasteiger partial charge on any atom is -0.395 e. The Morgan fingerprint density at radius 3 is 3.00 bits per heavy atom. The summed E-state index contributed by atoms with van der Waals surface area (Å²) in [7, 11) is 0. The lowest BCUT2D eigenvalue weighted by Crippen LogP contribution is -2.29. The van der Waals surface area contributed by atoms with E-state index >= 15 is 0 Å². The number of aryl methyl sites for hydroxylation is 2. The molecule has 2 aromatic heterocycles. The molecule has 2 heterocycles. The molecule has 0 spiro atoms. The van der Waals surface area contributed by atoms with Gasteiger partial charge in [-0.25, -0.2) is 9.97 Å². The number of aromatic nitrogens is 3. The highest BCUT2D eigenvalue weighted by molar-refractivity contribution is 5.60. The van der Waals surface area contributed by atoms with E-state index in [9.17, 15) is 15.2 Å². The number of aliphatic hydroxyl groups excluding tert-OH is 1. The molecule has 0 saturated carbocycles. The second kappa shape index (κ2) is 6.56. The Hall–Kier alpha value is -2.48. The molecule has 128 valence electrons. The number of nitrogens with zero attached hydrogens (tertiary/aromatic N) is 4. The van der Waals surface area contributed by atoms with Crippen LogP contribution in [0.2, 0.25) is 0 Å². The van der Waals surface area contributed by atoms with Crippen molar-refractivity contribution in [1.29, 1.82) is 0 Å². The minimum absolute atomic E-state index is 0.0327. The molecule has 1 aliphatic rings. The van der Waals surface area contributed by atoms with Crippen LogP contribution < -0.4 is 5.32 Å². The van der Waals surface area contributed by atoms with Crippen molar-refractivity contribution < 1.29 is 10.0 Å². The lowest BCUT2D eigenvalue weighted by atomic mass is 9.95. The van der Waals surface area contributed by atoms with Gasteiger partial charge in [-0.1, -0.05) is 0 Å². The number of imidazole rings is 1. The predicted octanol–water partition coefficient (Wildman–Crippen LogP) is 1.76.